The van der Waals surface area contributed by atoms with E-state index in [9.17, 15) is 0 Å². The highest BCUT2D eigenvalue weighted by Gasteiger charge is 2.21. The Kier molecular flexibility index (Phi) is 3.89. The zero-order valence-electron chi connectivity index (χ0n) is 15.3. The molecule has 4 aromatic rings. The summed E-state index contributed by atoms with van der Waals surface area (Å²) in [7, 11) is 1.67. The molecule has 5 rings (SSSR count). The molecule has 0 N–H and O–H groups in total. The fraction of sp³-hybridized carbons (Fsp3) is 0.286. The Morgan fingerprint density at radius 3 is 2.44 bits per heavy atom. The molecule has 6 heteroatoms. The molecule has 1 fully saturated rings. The fourth-order valence-electron chi connectivity index (χ4n) is 3.80. The lowest BCUT2D eigenvalue weighted by Crippen LogP contribution is -2.32. The minimum absolute atomic E-state index is 0.812. The van der Waals surface area contributed by atoms with Gasteiger partial charge in [0.05, 0.1) is 12.6 Å². The lowest BCUT2D eigenvalue weighted by atomic mass is 10.1. The summed E-state index contributed by atoms with van der Waals surface area (Å²) >= 11 is 0. The van der Waals surface area contributed by atoms with E-state index in [1.54, 1.807) is 7.11 Å². The molecule has 0 saturated carbocycles. The number of fused-ring (bicyclic) bond motifs is 3. The molecular weight excluding hydrogens is 338 g/mol. The van der Waals surface area contributed by atoms with Crippen molar-refractivity contribution >= 4 is 22.5 Å². The summed E-state index contributed by atoms with van der Waals surface area (Å²) in [6.07, 6.45) is 3.66. The number of aromatic nitrogens is 4. The first kappa shape index (κ1) is 16.1. The molecular formula is C21H21N5O. The predicted molar refractivity (Wildman–Crippen MR) is 106 cm³/mol. The van der Waals surface area contributed by atoms with Gasteiger partial charge >= 0.3 is 0 Å². The summed E-state index contributed by atoms with van der Waals surface area (Å²) in [6.45, 7) is 2.03. The van der Waals surface area contributed by atoms with Crippen molar-refractivity contribution in [2.24, 2.45) is 0 Å². The predicted octanol–water partition coefficient (Wildman–Crippen LogP) is 3.94. The Balaban J connectivity index is 1.77. The zero-order valence-corrected chi connectivity index (χ0v) is 15.3. The van der Waals surface area contributed by atoms with Crippen LogP contribution in [-0.4, -0.2) is 39.8 Å². The van der Waals surface area contributed by atoms with Crippen molar-refractivity contribution in [3.8, 4) is 17.1 Å². The Bertz CT molecular complexity index is 1100. The van der Waals surface area contributed by atoms with Crippen molar-refractivity contribution in [1.82, 2.24) is 19.6 Å². The van der Waals surface area contributed by atoms with Crippen molar-refractivity contribution in [3.63, 3.8) is 0 Å². The number of anilines is 1. The van der Waals surface area contributed by atoms with Gasteiger partial charge in [0.25, 0.3) is 0 Å². The third-order valence-corrected chi connectivity index (χ3v) is 5.22. The van der Waals surface area contributed by atoms with Crippen LogP contribution in [0.4, 0.5) is 5.95 Å². The van der Waals surface area contributed by atoms with Gasteiger partial charge in [-0.2, -0.15) is 0 Å². The van der Waals surface area contributed by atoms with Gasteiger partial charge in [0, 0.05) is 24.0 Å². The van der Waals surface area contributed by atoms with Gasteiger partial charge in [-0.15, -0.1) is 10.2 Å². The van der Waals surface area contributed by atoms with Crippen LogP contribution in [0, 0.1) is 0 Å². The standard InChI is InChI=1S/C21H21N5O/c1-27-16-11-9-15(10-12-16)19-23-24-20-17-7-3-4-8-18(17)22-21(26(19)20)25-13-5-2-6-14-25/h3-4,7-12H,2,5-6,13-14H2,1H3. The molecule has 2 aromatic carbocycles. The maximum Gasteiger partial charge on any atom is 0.213 e. The highest BCUT2D eigenvalue weighted by atomic mass is 16.5. The van der Waals surface area contributed by atoms with Gasteiger partial charge in [-0.25, -0.2) is 9.38 Å². The van der Waals surface area contributed by atoms with Crippen molar-refractivity contribution < 1.29 is 4.74 Å². The van der Waals surface area contributed by atoms with Crippen LogP contribution in [0.1, 0.15) is 19.3 Å². The Morgan fingerprint density at radius 1 is 0.889 bits per heavy atom. The summed E-state index contributed by atoms with van der Waals surface area (Å²) in [5.74, 6) is 2.57. The number of rotatable bonds is 3. The summed E-state index contributed by atoms with van der Waals surface area (Å²) < 4.78 is 7.39. The molecule has 3 heterocycles. The normalized spacial score (nSPS) is 14.8. The van der Waals surface area contributed by atoms with Crippen LogP contribution >= 0.6 is 0 Å². The van der Waals surface area contributed by atoms with E-state index in [0.29, 0.717) is 0 Å². The van der Waals surface area contributed by atoms with Crippen molar-refractivity contribution in [2.75, 3.05) is 25.1 Å². The van der Waals surface area contributed by atoms with Gasteiger partial charge in [-0.3, -0.25) is 0 Å². The quantitative estimate of drug-likeness (QED) is 0.554. The molecule has 0 unspecified atom stereocenters. The van der Waals surface area contributed by atoms with E-state index in [0.717, 1.165) is 52.7 Å². The molecule has 1 aliphatic heterocycles. The number of hydrogen-bond donors (Lipinski definition) is 0. The van der Waals surface area contributed by atoms with E-state index in [1.807, 2.05) is 42.5 Å². The second kappa shape index (κ2) is 6.54. The summed E-state index contributed by atoms with van der Waals surface area (Å²) in [5, 5.41) is 10.1. The Morgan fingerprint density at radius 2 is 1.67 bits per heavy atom. The van der Waals surface area contributed by atoms with Gasteiger partial charge in [0.1, 0.15) is 5.75 Å². The number of piperidine rings is 1. The van der Waals surface area contributed by atoms with Gasteiger partial charge in [-0.1, -0.05) is 12.1 Å². The van der Waals surface area contributed by atoms with Gasteiger partial charge in [0.15, 0.2) is 11.5 Å². The van der Waals surface area contributed by atoms with Crippen LogP contribution in [0.15, 0.2) is 48.5 Å². The zero-order chi connectivity index (χ0) is 18.2. The molecule has 2 aromatic heterocycles. The van der Waals surface area contributed by atoms with E-state index in [2.05, 4.69) is 25.6 Å². The number of hydrogen-bond acceptors (Lipinski definition) is 5. The van der Waals surface area contributed by atoms with Crippen LogP contribution in [0.25, 0.3) is 27.9 Å². The highest BCUT2D eigenvalue weighted by Crippen LogP contribution is 2.30. The number of nitrogens with zero attached hydrogens (tertiary/aromatic N) is 5. The summed E-state index contributed by atoms with van der Waals surface area (Å²) in [6, 6.07) is 16.1. The Labute approximate surface area is 157 Å². The lowest BCUT2D eigenvalue weighted by molar-refractivity contribution is 0.415. The van der Waals surface area contributed by atoms with E-state index in [4.69, 9.17) is 9.72 Å². The molecule has 136 valence electrons. The second-order valence-electron chi connectivity index (χ2n) is 6.89. The molecule has 0 amide bonds. The minimum atomic E-state index is 0.812. The maximum atomic E-state index is 5.29. The molecule has 1 aliphatic rings. The number of para-hydroxylation sites is 1. The molecule has 0 radical (unpaired) electrons. The van der Waals surface area contributed by atoms with Gasteiger partial charge in [-0.05, 0) is 55.7 Å². The first-order valence-corrected chi connectivity index (χ1v) is 9.38. The second-order valence-corrected chi connectivity index (χ2v) is 6.89. The number of methoxy groups -OCH3 is 1. The minimum Gasteiger partial charge on any atom is -0.497 e. The average molecular weight is 359 g/mol. The highest BCUT2D eigenvalue weighted by molar-refractivity contribution is 5.93. The Hall–Kier alpha value is -3.15. The van der Waals surface area contributed by atoms with E-state index in [-0.39, 0.29) is 0 Å². The average Bonchev–Trinajstić information content (AvgIpc) is 3.19. The van der Waals surface area contributed by atoms with Crippen LogP contribution in [-0.2, 0) is 0 Å². The van der Waals surface area contributed by atoms with Gasteiger partial charge < -0.3 is 9.64 Å². The van der Waals surface area contributed by atoms with Crippen LogP contribution < -0.4 is 9.64 Å². The fourth-order valence-corrected chi connectivity index (χ4v) is 3.80. The summed E-state index contributed by atoms with van der Waals surface area (Å²) in [4.78, 5) is 7.36. The maximum absolute atomic E-state index is 5.29. The van der Waals surface area contributed by atoms with Crippen molar-refractivity contribution in [2.45, 2.75) is 19.3 Å². The van der Waals surface area contributed by atoms with E-state index in [1.165, 1.54) is 19.3 Å². The van der Waals surface area contributed by atoms with Crippen molar-refractivity contribution in [3.05, 3.63) is 48.5 Å². The van der Waals surface area contributed by atoms with E-state index < -0.39 is 0 Å². The SMILES string of the molecule is COc1ccc(-c2nnc3c4ccccc4nc(N4CCCCC4)n23)cc1. The molecule has 0 spiro atoms. The lowest BCUT2D eigenvalue weighted by Gasteiger charge is -2.28. The largest absolute Gasteiger partial charge is 0.497 e. The molecule has 0 atom stereocenters. The first-order valence-electron chi connectivity index (χ1n) is 9.38. The van der Waals surface area contributed by atoms with Crippen LogP contribution in [0.5, 0.6) is 5.75 Å². The molecule has 27 heavy (non-hydrogen) atoms. The van der Waals surface area contributed by atoms with Crippen LogP contribution in [0.3, 0.4) is 0 Å². The van der Waals surface area contributed by atoms with Crippen molar-refractivity contribution in [1.29, 1.82) is 0 Å². The third-order valence-electron chi connectivity index (χ3n) is 5.22. The topological polar surface area (TPSA) is 55.6 Å². The van der Waals surface area contributed by atoms with Gasteiger partial charge in [0.2, 0.25) is 5.95 Å². The third kappa shape index (κ3) is 2.68. The smallest absolute Gasteiger partial charge is 0.213 e. The first-order chi connectivity index (χ1) is 13.3. The molecule has 6 nitrogen and oxygen atoms in total. The molecule has 1 saturated heterocycles. The number of benzene rings is 2. The van der Waals surface area contributed by atoms with E-state index >= 15 is 0 Å². The molecule has 0 bridgehead atoms. The summed E-state index contributed by atoms with van der Waals surface area (Å²) in [5.41, 5.74) is 2.81. The number of ether oxygens (including phenoxy) is 1. The monoisotopic (exact) mass is 359 g/mol. The van der Waals surface area contributed by atoms with Crippen LogP contribution in [0.2, 0.25) is 0 Å². The molecule has 0 aliphatic carbocycles.